The molecule has 0 spiro atoms. The molecule has 3 N–H and O–H groups in total. The monoisotopic (exact) mass is 300 g/mol. The van der Waals surface area contributed by atoms with Gasteiger partial charge in [0.25, 0.3) is 0 Å². The summed E-state index contributed by atoms with van der Waals surface area (Å²) in [5, 5.41) is 15.1. The highest BCUT2D eigenvalue weighted by Crippen LogP contribution is 2.17. The van der Waals surface area contributed by atoms with Gasteiger partial charge in [-0.25, -0.2) is 22.5 Å². The fourth-order valence-electron chi connectivity index (χ4n) is 1.62. The molecule has 7 nitrogen and oxygen atoms in total. The van der Waals surface area contributed by atoms with Crippen LogP contribution >= 0.6 is 0 Å². The maximum absolute atomic E-state index is 13.2. The molecule has 20 heavy (non-hydrogen) atoms. The number of aliphatic hydroxyl groups excluding tert-OH is 1. The predicted octanol–water partition coefficient (Wildman–Crippen LogP) is 0.476. The predicted molar refractivity (Wildman–Crippen MR) is 67.4 cm³/mol. The Kier molecular flexibility index (Phi) is 4.12. The number of nitrogens with zero attached hydrogens (tertiary/aromatic N) is 2. The van der Waals surface area contributed by atoms with E-state index in [4.69, 9.17) is 5.11 Å². The Bertz CT molecular complexity index is 688. The first-order valence-corrected chi connectivity index (χ1v) is 7.19. The lowest BCUT2D eigenvalue weighted by atomic mass is 10.2. The van der Waals surface area contributed by atoms with Crippen molar-refractivity contribution in [2.45, 2.75) is 24.5 Å². The molecular weight excluding hydrogens is 287 g/mol. The lowest BCUT2D eigenvalue weighted by molar-refractivity contribution is 0.275. The molecule has 0 aliphatic rings. The fraction of sp³-hybridized carbons (Fsp3) is 0.273. The second-order valence-electron chi connectivity index (χ2n) is 4.13. The van der Waals surface area contributed by atoms with Crippen LogP contribution in [0, 0.1) is 5.82 Å². The van der Waals surface area contributed by atoms with Crippen LogP contribution in [0.3, 0.4) is 0 Å². The summed E-state index contributed by atoms with van der Waals surface area (Å²) in [6, 6.07) is 2.60. The molecule has 0 saturated carbocycles. The van der Waals surface area contributed by atoms with Gasteiger partial charge in [0.05, 0.1) is 17.5 Å². The zero-order valence-corrected chi connectivity index (χ0v) is 11.4. The van der Waals surface area contributed by atoms with Gasteiger partial charge in [-0.3, -0.25) is 5.10 Å². The summed E-state index contributed by atoms with van der Waals surface area (Å²) in [6.07, 6.45) is 1.27. The molecule has 1 aromatic carbocycles. The number of benzene rings is 1. The molecule has 1 unspecified atom stereocenters. The highest BCUT2D eigenvalue weighted by atomic mass is 32.2. The summed E-state index contributed by atoms with van der Waals surface area (Å²) in [6.45, 7) is 1.02. The standard InChI is InChI=1S/C11H13FN4O3S/c1-7(11-13-6-14-15-11)16-20(18,19)9-2-3-10(12)8(4-9)5-17/h2-4,6-7,16-17H,5H2,1H3,(H,13,14,15). The molecule has 9 heteroatoms. The maximum atomic E-state index is 13.2. The second-order valence-corrected chi connectivity index (χ2v) is 5.84. The van der Waals surface area contributed by atoms with E-state index in [9.17, 15) is 12.8 Å². The van der Waals surface area contributed by atoms with E-state index >= 15 is 0 Å². The average Bonchev–Trinajstić information content (AvgIpc) is 2.92. The molecule has 108 valence electrons. The zero-order chi connectivity index (χ0) is 14.8. The number of H-pyrrole nitrogens is 1. The van der Waals surface area contributed by atoms with Crippen LogP contribution in [0.4, 0.5) is 4.39 Å². The van der Waals surface area contributed by atoms with Crippen LogP contribution in [0.2, 0.25) is 0 Å². The number of aromatic amines is 1. The van der Waals surface area contributed by atoms with Crippen LogP contribution in [0.25, 0.3) is 0 Å². The molecule has 0 radical (unpaired) electrons. The molecule has 1 heterocycles. The van der Waals surface area contributed by atoms with Crippen molar-refractivity contribution < 1.29 is 17.9 Å². The smallest absolute Gasteiger partial charge is 0.241 e. The Balaban J connectivity index is 2.26. The number of nitrogens with one attached hydrogen (secondary N) is 2. The molecule has 0 aliphatic heterocycles. The summed E-state index contributed by atoms with van der Waals surface area (Å²) >= 11 is 0. The third-order valence-corrected chi connectivity index (χ3v) is 4.21. The van der Waals surface area contributed by atoms with Gasteiger partial charge in [-0.1, -0.05) is 0 Å². The van der Waals surface area contributed by atoms with E-state index in [1.54, 1.807) is 6.92 Å². The summed E-state index contributed by atoms with van der Waals surface area (Å²) in [5.41, 5.74) is -0.0832. The molecule has 1 aromatic heterocycles. The Morgan fingerprint density at radius 1 is 1.50 bits per heavy atom. The number of aliphatic hydroxyl groups is 1. The first-order chi connectivity index (χ1) is 9.44. The van der Waals surface area contributed by atoms with Crippen molar-refractivity contribution in [3.05, 3.63) is 41.7 Å². The molecule has 0 fully saturated rings. The molecule has 2 aromatic rings. The van der Waals surface area contributed by atoms with Crippen LogP contribution in [-0.4, -0.2) is 28.7 Å². The van der Waals surface area contributed by atoms with E-state index in [0.29, 0.717) is 5.82 Å². The lowest BCUT2D eigenvalue weighted by Gasteiger charge is -2.12. The Labute approximate surface area is 114 Å². The van der Waals surface area contributed by atoms with Gasteiger partial charge >= 0.3 is 0 Å². The third kappa shape index (κ3) is 3.00. The van der Waals surface area contributed by atoms with Gasteiger partial charge in [-0.2, -0.15) is 5.10 Å². The molecular formula is C11H13FN4O3S. The first kappa shape index (κ1) is 14.6. The van der Waals surface area contributed by atoms with E-state index < -0.39 is 28.5 Å². The summed E-state index contributed by atoms with van der Waals surface area (Å²) in [7, 11) is -3.85. The third-order valence-electron chi connectivity index (χ3n) is 2.67. The summed E-state index contributed by atoms with van der Waals surface area (Å²) in [4.78, 5) is 3.72. The molecule has 0 amide bonds. The van der Waals surface area contributed by atoms with Crippen LogP contribution in [0.1, 0.15) is 24.4 Å². The Hall–Kier alpha value is -1.84. The topological polar surface area (TPSA) is 108 Å². The molecule has 1 atom stereocenters. The van der Waals surface area contributed by atoms with E-state index in [1.165, 1.54) is 6.33 Å². The van der Waals surface area contributed by atoms with Gasteiger partial charge < -0.3 is 5.11 Å². The van der Waals surface area contributed by atoms with E-state index in [2.05, 4.69) is 19.9 Å². The highest BCUT2D eigenvalue weighted by molar-refractivity contribution is 7.89. The fourth-order valence-corrected chi connectivity index (χ4v) is 2.88. The summed E-state index contributed by atoms with van der Waals surface area (Å²) < 4.78 is 39.9. The van der Waals surface area contributed by atoms with Crippen LogP contribution in [-0.2, 0) is 16.6 Å². The molecule has 0 bridgehead atoms. The molecule has 2 rings (SSSR count). The highest BCUT2D eigenvalue weighted by Gasteiger charge is 2.21. The normalized spacial score (nSPS) is 13.3. The number of hydrogen-bond acceptors (Lipinski definition) is 5. The number of sulfonamides is 1. The van der Waals surface area contributed by atoms with E-state index in [0.717, 1.165) is 18.2 Å². The van der Waals surface area contributed by atoms with Crippen molar-refractivity contribution in [1.29, 1.82) is 0 Å². The number of hydrogen-bond donors (Lipinski definition) is 3. The summed E-state index contributed by atoms with van der Waals surface area (Å²) in [5.74, 6) is -0.298. The Morgan fingerprint density at radius 2 is 2.25 bits per heavy atom. The minimum Gasteiger partial charge on any atom is -0.392 e. The van der Waals surface area contributed by atoms with Crippen LogP contribution < -0.4 is 4.72 Å². The molecule has 0 aliphatic carbocycles. The largest absolute Gasteiger partial charge is 0.392 e. The van der Waals surface area contributed by atoms with Crippen molar-refractivity contribution >= 4 is 10.0 Å². The van der Waals surface area contributed by atoms with Gasteiger partial charge in [-0.05, 0) is 25.1 Å². The second kappa shape index (κ2) is 5.65. The van der Waals surface area contributed by atoms with Gasteiger partial charge in [0.15, 0.2) is 0 Å². The molecule has 0 saturated heterocycles. The average molecular weight is 300 g/mol. The van der Waals surface area contributed by atoms with Gasteiger partial charge in [0, 0.05) is 5.56 Å². The van der Waals surface area contributed by atoms with Crippen molar-refractivity contribution in [1.82, 2.24) is 19.9 Å². The Morgan fingerprint density at radius 3 is 2.85 bits per heavy atom. The lowest BCUT2D eigenvalue weighted by Crippen LogP contribution is -2.27. The van der Waals surface area contributed by atoms with Gasteiger partial charge in [0.1, 0.15) is 18.0 Å². The SMILES string of the molecule is CC(NS(=O)(=O)c1ccc(F)c(CO)c1)c1ncn[nH]1. The number of halogens is 1. The minimum atomic E-state index is -3.85. The van der Waals surface area contributed by atoms with Crippen molar-refractivity contribution in [3.8, 4) is 0 Å². The maximum Gasteiger partial charge on any atom is 0.241 e. The van der Waals surface area contributed by atoms with Gasteiger partial charge in [0.2, 0.25) is 10.0 Å². The van der Waals surface area contributed by atoms with Crippen molar-refractivity contribution in [3.63, 3.8) is 0 Å². The van der Waals surface area contributed by atoms with Crippen LogP contribution in [0.5, 0.6) is 0 Å². The first-order valence-electron chi connectivity index (χ1n) is 5.71. The zero-order valence-electron chi connectivity index (χ0n) is 10.5. The number of aromatic nitrogens is 3. The van der Waals surface area contributed by atoms with E-state index in [1.807, 2.05) is 0 Å². The van der Waals surface area contributed by atoms with E-state index in [-0.39, 0.29) is 10.5 Å². The van der Waals surface area contributed by atoms with Gasteiger partial charge in [-0.15, -0.1) is 0 Å². The minimum absolute atomic E-state index is 0.0832. The van der Waals surface area contributed by atoms with Crippen molar-refractivity contribution in [2.75, 3.05) is 0 Å². The van der Waals surface area contributed by atoms with Crippen LogP contribution in [0.15, 0.2) is 29.4 Å². The number of rotatable bonds is 5. The van der Waals surface area contributed by atoms with Crippen molar-refractivity contribution in [2.24, 2.45) is 0 Å². The quantitative estimate of drug-likeness (QED) is 0.744.